The van der Waals surface area contributed by atoms with Gasteiger partial charge in [0.25, 0.3) is 0 Å². The Balaban J connectivity index is 2.14. The van der Waals surface area contributed by atoms with Crippen LogP contribution >= 0.6 is 11.9 Å². The topological polar surface area (TPSA) is 58.6 Å². The lowest BCUT2D eigenvalue weighted by atomic mass is 9.94. The number of nitrogens with zero attached hydrogens (tertiary/aromatic N) is 1. The SMILES string of the molecule is NCC(O)C1=CC2C=NSC2C=C1. The summed E-state index contributed by atoms with van der Waals surface area (Å²) in [6.45, 7) is 0.276. The standard InChI is InChI=1S/C9H12N2OS/c10-4-8(12)6-1-2-9-7(3-6)5-11-13-9/h1-3,5,7-9,12H,4,10H2. The third-order valence-electron chi connectivity index (χ3n) is 2.27. The van der Waals surface area contributed by atoms with Crippen LogP contribution in [0.4, 0.5) is 0 Å². The van der Waals surface area contributed by atoms with Crippen LogP contribution in [0.15, 0.2) is 28.2 Å². The quantitative estimate of drug-likeness (QED) is 0.633. The van der Waals surface area contributed by atoms with Crippen molar-refractivity contribution >= 4 is 18.2 Å². The average Bonchev–Trinajstić information content (AvgIpc) is 2.63. The van der Waals surface area contributed by atoms with E-state index in [-0.39, 0.29) is 6.54 Å². The second-order valence-corrected chi connectivity index (χ2v) is 4.15. The van der Waals surface area contributed by atoms with Crippen molar-refractivity contribution in [3.05, 3.63) is 23.8 Å². The highest BCUT2D eigenvalue weighted by molar-refractivity contribution is 7.99. The lowest BCUT2D eigenvalue weighted by molar-refractivity contribution is 0.222. The van der Waals surface area contributed by atoms with E-state index in [4.69, 9.17) is 5.73 Å². The van der Waals surface area contributed by atoms with Crippen molar-refractivity contribution in [2.75, 3.05) is 6.54 Å². The number of aliphatic hydroxyl groups is 1. The van der Waals surface area contributed by atoms with Gasteiger partial charge in [0.1, 0.15) is 0 Å². The molecule has 0 fully saturated rings. The Labute approximate surface area is 81.6 Å². The predicted octanol–water partition coefficient (Wildman–Crippen LogP) is 0.520. The van der Waals surface area contributed by atoms with E-state index in [2.05, 4.69) is 10.5 Å². The summed E-state index contributed by atoms with van der Waals surface area (Å²) in [5, 5.41) is 9.93. The smallest absolute Gasteiger partial charge is 0.0909 e. The maximum atomic E-state index is 9.51. The fourth-order valence-electron chi connectivity index (χ4n) is 1.47. The Morgan fingerprint density at radius 2 is 2.54 bits per heavy atom. The Kier molecular flexibility index (Phi) is 2.53. The Morgan fingerprint density at radius 3 is 3.31 bits per heavy atom. The van der Waals surface area contributed by atoms with Crippen molar-refractivity contribution in [1.82, 2.24) is 0 Å². The van der Waals surface area contributed by atoms with Crippen LogP contribution in [0.3, 0.4) is 0 Å². The average molecular weight is 196 g/mol. The summed E-state index contributed by atoms with van der Waals surface area (Å²) in [4.78, 5) is 0. The normalized spacial score (nSPS) is 32.9. The molecule has 13 heavy (non-hydrogen) atoms. The van der Waals surface area contributed by atoms with Gasteiger partial charge in [-0.1, -0.05) is 18.2 Å². The van der Waals surface area contributed by atoms with Gasteiger partial charge in [0.2, 0.25) is 0 Å². The maximum Gasteiger partial charge on any atom is 0.0909 e. The van der Waals surface area contributed by atoms with E-state index in [0.29, 0.717) is 11.2 Å². The molecule has 1 heterocycles. The molecule has 3 nitrogen and oxygen atoms in total. The summed E-state index contributed by atoms with van der Waals surface area (Å²) in [5.41, 5.74) is 6.29. The molecule has 3 unspecified atom stereocenters. The number of hydrogen-bond donors (Lipinski definition) is 2. The molecule has 0 amide bonds. The van der Waals surface area contributed by atoms with E-state index in [0.717, 1.165) is 5.57 Å². The van der Waals surface area contributed by atoms with Crippen molar-refractivity contribution in [1.29, 1.82) is 0 Å². The number of hydrogen-bond acceptors (Lipinski definition) is 4. The van der Waals surface area contributed by atoms with Crippen LogP contribution in [-0.2, 0) is 0 Å². The summed E-state index contributed by atoms with van der Waals surface area (Å²) >= 11 is 1.57. The summed E-state index contributed by atoms with van der Waals surface area (Å²) in [6, 6.07) is 0. The predicted molar refractivity (Wildman–Crippen MR) is 55.6 cm³/mol. The molecule has 1 aliphatic heterocycles. The Bertz CT molecular complexity index is 285. The van der Waals surface area contributed by atoms with Gasteiger partial charge in [-0.2, -0.15) is 0 Å². The molecule has 0 radical (unpaired) electrons. The van der Waals surface area contributed by atoms with Gasteiger partial charge in [0.05, 0.1) is 11.4 Å². The monoisotopic (exact) mass is 196 g/mol. The van der Waals surface area contributed by atoms with Gasteiger partial charge in [-0.3, -0.25) is 0 Å². The zero-order chi connectivity index (χ0) is 9.26. The molecule has 3 N–H and O–H groups in total. The molecule has 0 bridgehead atoms. The molecular weight excluding hydrogens is 184 g/mol. The maximum absolute atomic E-state index is 9.51. The van der Waals surface area contributed by atoms with Crippen molar-refractivity contribution in [3.63, 3.8) is 0 Å². The number of rotatable bonds is 2. The van der Waals surface area contributed by atoms with Crippen molar-refractivity contribution in [2.45, 2.75) is 11.4 Å². The number of allylic oxidation sites excluding steroid dienone is 1. The third-order valence-corrected chi connectivity index (χ3v) is 3.22. The molecule has 0 saturated heterocycles. The van der Waals surface area contributed by atoms with Gasteiger partial charge in [-0.25, -0.2) is 4.40 Å². The van der Waals surface area contributed by atoms with E-state index >= 15 is 0 Å². The molecule has 0 spiro atoms. The zero-order valence-electron chi connectivity index (χ0n) is 7.13. The second kappa shape index (κ2) is 3.65. The largest absolute Gasteiger partial charge is 0.387 e. The fraction of sp³-hybridized carbons (Fsp3) is 0.444. The minimum Gasteiger partial charge on any atom is -0.387 e. The molecule has 0 aromatic carbocycles. The van der Waals surface area contributed by atoms with Crippen LogP contribution < -0.4 is 5.73 Å². The first-order valence-electron chi connectivity index (χ1n) is 4.28. The Hall–Kier alpha value is -0.580. The summed E-state index contributed by atoms with van der Waals surface area (Å²) in [6.07, 6.45) is 7.46. The van der Waals surface area contributed by atoms with Crippen LogP contribution in [0.5, 0.6) is 0 Å². The van der Waals surface area contributed by atoms with Gasteiger partial charge in [0.15, 0.2) is 0 Å². The van der Waals surface area contributed by atoms with E-state index in [1.807, 2.05) is 18.4 Å². The molecule has 3 atom stereocenters. The number of fused-ring (bicyclic) bond motifs is 1. The zero-order valence-corrected chi connectivity index (χ0v) is 7.95. The van der Waals surface area contributed by atoms with E-state index in [9.17, 15) is 5.11 Å². The van der Waals surface area contributed by atoms with Crippen molar-refractivity contribution in [2.24, 2.45) is 16.0 Å². The van der Waals surface area contributed by atoms with Crippen molar-refractivity contribution in [3.8, 4) is 0 Å². The minimum atomic E-state index is -0.531. The van der Waals surface area contributed by atoms with Crippen LogP contribution in [0.2, 0.25) is 0 Å². The van der Waals surface area contributed by atoms with Gasteiger partial charge in [-0.15, -0.1) is 0 Å². The van der Waals surface area contributed by atoms with Gasteiger partial charge in [0, 0.05) is 18.7 Å². The molecule has 70 valence electrons. The number of aliphatic hydroxyl groups excluding tert-OH is 1. The highest BCUT2D eigenvalue weighted by Gasteiger charge is 2.25. The second-order valence-electron chi connectivity index (χ2n) is 3.18. The minimum absolute atomic E-state index is 0.276. The van der Waals surface area contributed by atoms with Crippen LogP contribution in [0, 0.1) is 5.92 Å². The lowest BCUT2D eigenvalue weighted by Gasteiger charge is -2.18. The van der Waals surface area contributed by atoms with Crippen LogP contribution in [-0.4, -0.2) is 29.2 Å². The first kappa shape index (κ1) is 8.99. The van der Waals surface area contributed by atoms with Crippen LogP contribution in [0.25, 0.3) is 0 Å². The molecule has 0 aromatic rings. The third kappa shape index (κ3) is 1.70. The fourth-order valence-corrected chi connectivity index (χ4v) is 2.26. The highest BCUT2D eigenvalue weighted by atomic mass is 32.2. The molecule has 1 aliphatic carbocycles. The molecule has 2 aliphatic rings. The van der Waals surface area contributed by atoms with E-state index < -0.39 is 6.10 Å². The van der Waals surface area contributed by atoms with Crippen molar-refractivity contribution < 1.29 is 5.11 Å². The number of nitrogens with two attached hydrogens (primary N) is 1. The van der Waals surface area contributed by atoms with E-state index in [1.54, 1.807) is 11.9 Å². The summed E-state index contributed by atoms with van der Waals surface area (Å²) in [5.74, 6) is 0.339. The first-order valence-corrected chi connectivity index (χ1v) is 5.12. The first-order chi connectivity index (χ1) is 6.31. The van der Waals surface area contributed by atoms with Gasteiger partial charge < -0.3 is 10.8 Å². The van der Waals surface area contributed by atoms with E-state index in [1.165, 1.54) is 0 Å². The van der Waals surface area contributed by atoms with Gasteiger partial charge >= 0.3 is 0 Å². The summed E-state index contributed by atoms with van der Waals surface area (Å²) < 4.78 is 4.13. The Morgan fingerprint density at radius 1 is 1.69 bits per heavy atom. The van der Waals surface area contributed by atoms with Crippen LogP contribution in [0.1, 0.15) is 0 Å². The molecular formula is C9H12N2OS. The van der Waals surface area contributed by atoms with Gasteiger partial charge in [-0.05, 0) is 17.5 Å². The molecule has 2 rings (SSSR count). The molecule has 0 saturated carbocycles. The highest BCUT2D eigenvalue weighted by Crippen LogP contribution is 2.32. The lowest BCUT2D eigenvalue weighted by Crippen LogP contribution is -2.24. The molecule has 4 heteroatoms. The summed E-state index contributed by atoms with van der Waals surface area (Å²) in [7, 11) is 0. The molecule has 0 aromatic heterocycles.